The molecule has 1 aromatic heterocycles. The maximum absolute atomic E-state index is 14.1. The molecular formula is C20H29FIN3O2. The number of aliphatic hydroxyl groups is 1. The second kappa shape index (κ2) is 10.1. The normalized spacial score (nSPS) is 14.2. The highest BCUT2D eigenvalue weighted by Crippen LogP contribution is 2.26. The van der Waals surface area contributed by atoms with Gasteiger partial charge in [0.05, 0.1) is 19.4 Å². The van der Waals surface area contributed by atoms with Gasteiger partial charge in [0, 0.05) is 12.0 Å². The molecular weight excluding hydrogens is 460 g/mol. The van der Waals surface area contributed by atoms with Gasteiger partial charge in [0.15, 0.2) is 5.96 Å². The fourth-order valence-electron chi connectivity index (χ4n) is 2.64. The van der Waals surface area contributed by atoms with E-state index in [1.807, 2.05) is 26.8 Å². The molecule has 0 aliphatic heterocycles. The molecule has 7 heteroatoms. The van der Waals surface area contributed by atoms with E-state index in [1.165, 1.54) is 12.3 Å². The van der Waals surface area contributed by atoms with Gasteiger partial charge in [0.2, 0.25) is 0 Å². The van der Waals surface area contributed by atoms with Crippen molar-refractivity contribution in [3.63, 3.8) is 0 Å². The van der Waals surface area contributed by atoms with Gasteiger partial charge < -0.3 is 20.2 Å². The summed E-state index contributed by atoms with van der Waals surface area (Å²) in [7, 11) is 0. The van der Waals surface area contributed by atoms with Crippen molar-refractivity contribution in [3.05, 3.63) is 59.8 Å². The van der Waals surface area contributed by atoms with Crippen LogP contribution in [0.3, 0.4) is 0 Å². The van der Waals surface area contributed by atoms with E-state index >= 15 is 0 Å². The second-order valence-corrected chi connectivity index (χ2v) is 7.16. The molecule has 0 saturated heterocycles. The van der Waals surface area contributed by atoms with Crippen molar-refractivity contribution >= 4 is 29.9 Å². The van der Waals surface area contributed by atoms with E-state index in [0.29, 0.717) is 30.4 Å². The summed E-state index contributed by atoms with van der Waals surface area (Å²) in [6.45, 7) is 8.85. The lowest BCUT2D eigenvalue weighted by molar-refractivity contribution is 0.0386. The zero-order valence-corrected chi connectivity index (χ0v) is 18.6. The predicted octanol–water partition coefficient (Wildman–Crippen LogP) is 3.78. The predicted molar refractivity (Wildman–Crippen MR) is 117 cm³/mol. The smallest absolute Gasteiger partial charge is 0.191 e. The van der Waals surface area contributed by atoms with Gasteiger partial charge in [-0.05, 0) is 37.6 Å². The molecule has 1 aromatic carbocycles. The van der Waals surface area contributed by atoms with Crippen LogP contribution in [0.25, 0.3) is 0 Å². The van der Waals surface area contributed by atoms with Crippen molar-refractivity contribution in [1.82, 2.24) is 10.6 Å². The Bertz CT molecular complexity index is 731. The molecule has 0 spiro atoms. The number of nitrogens with one attached hydrogen (secondary N) is 2. The van der Waals surface area contributed by atoms with E-state index in [-0.39, 0.29) is 36.3 Å². The highest BCUT2D eigenvalue weighted by molar-refractivity contribution is 14.0. The van der Waals surface area contributed by atoms with Gasteiger partial charge in [-0.15, -0.1) is 24.0 Å². The lowest BCUT2D eigenvalue weighted by Gasteiger charge is -2.26. The summed E-state index contributed by atoms with van der Waals surface area (Å²) in [5, 5.41) is 16.8. The zero-order valence-electron chi connectivity index (χ0n) is 16.3. The quantitative estimate of drug-likeness (QED) is 0.315. The summed E-state index contributed by atoms with van der Waals surface area (Å²) in [6.07, 6.45) is 1.53. The number of guanidine groups is 1. The van der Waals surface area contributed by atoms with E-state index in [9.17, 15) is 9.50 Å². The Morgan fingerprint density at radius 1 is 1.15 bits per heavy atom. The minimum Gasteiger partial charge on any atom is -0.466 e. The Hall–Kier alpha value is -1.61. The molecule has 1 atom stereocenters. The Balaban J connectivity index is 0.00000364. The van der Waals surface area contributed by atoms with Crippen molar-refractivity contribution < 1.29 is 13.9 Å². The minimum absolute atomic E-state index is 0. The van der Waals surface area contributed by atoms with Crippen molar-refractivity contribution in [2.45, 2.75) is 38.7 Å². The molecule has 0 bridgehead atoms. The van der Waals surface area contributed by atoms with Gasteiger partial charge in [-0.2, -0.15) is 0 Å². The average molecular weight is 489 g/mol. The van der Waals surface area contributed by atoms with Crippen molar-refractivity contribution in [3.8, 4) is 0 Å². The molecule has 0 radical (unpaired) electrons. The van der Waals surface area contributed by atoms with Crippen LogP contribution in [0, 0.1) is 5.82 Å². The standard InChI is InChI=1S/C20H28FN3O2.HI/c1-5-22-18(24-14-20(4,25)17-11-8-12-26-17)23-13-19(2,3)15-9-6-7-10-16(15)21;/h6-12,25H,5,13-14H2,1-4H3,(H2,22,23,24);1H. The Labute approximate surface area is 177 Å². The molecule has 0 saturated carbocycles. The lowest BCUT2D eigenvalue weighted by Crippen LogP contribution is -2.45. The first kappa shape index (κ1) is 23.4. The molecule has 0 fully saturated rings. The highest BCUT2D eigenvalue weighted by atomic mass is 127. The number of furan rings is 1. The molecule has 5 nitrogen and oxygen atoms in total. The van der Waals surface area contributed by atoms with Crippen molar-refractivity contribution in [2.75, 3.05) is 19.6 Å². The molecule has 1 heterocycles. The van der Waals surface area contributed by atoms with Crippen LogP contribution >= 0.6 is 24.0 Å². The molecule has 0 aliphatic rings. The SMILES string of the molecule is CCNC(=NCC(C)(C)c1ccccc1F)NCC(C)(O)c1ccco1.I. The minimum atomic E-state index is -1.17. The number of nitrogens with zero attached hydrogens (tertiary/aromatic N) is 1. The van der Waals surface area contributed by atoms with Crippen LogP contribution < -0.4 is 10.6 Å². The van der Waals surface area contributed by atoms with Gasteiger partial charge >= 0.3 is 0 Å². The summed E-state index contributed by atoms with van der Waals surface area (Å²) in [5.74, 6) is 0.808. The lowest BCUT2D eigenvalue weighted by atomic mass is 9.84. The largest absolute Gasteiger partial charge is 0.466 e. The molecule has 2 rings (SSSR count). The Kier molecular flexibility index (Phi) is 8.74. The molecule has 0 aliphatic carbocycles. The first-order valence-corrected chi connectivity index (χ1v) is 8.80. The third kappa shape index (κ3) is 6.49. The van der Waals surface area contributed by atoms with Crippen LogP contribution in [-0.2, 0) is 11.0 Å². The van der Waals surface area contributed by atoms with Crippen LogP contribution in [0.4, 0.5) is 4.39 Å². The summed E-state index contributed by atoms with van der Waals surface area (Å²) >= 11 is 0. The highest BCUT2D eigenvalue weighted by Gasteiger charge is 2.27. The number of benzene rings is 1. The van der Waals surface area contributed by atoms with Gasteiger partial charge in [0.25, 0.3) is 0 Å². The van der Waals surface area contributed by atoms with Gasteiger partial charge in [0.1, 0.15) is 17.2 Å². The maximum atomic E-state index is 14.1. The van der Waals surface area contributed by atoms with E-state index in [1.54, 1.807) is 31.2 Å². The number of halogens is 2. The number of aliphatic imine (C=N–C) groups is 1. The number of hydrogen-bond acceptors (Lipinski definition) is 3. The van der Waals surface area contributed by atoms with E-state index in [4.69, 9.17) is 4.42 Å². The fourth-order valence-corrected chi connectivity index (χ4v) is 2.64. The van der Waals surface area contributed by atoms with Crippen LogP contribution in [0.2, 0.25) is 0 Å². The molecule has 1 unspecified atom stereocenters. The van der Waals surface area contributed by atoms with Gasteiger partial charge in [-0.1, -0.05) is 32.0 Å². The molecule has 3 N–H and O–H groups in total. The van der Waals surface area contributed by atoms with E-state index in [0.717, 1.165) is 0 Å². The first-order valence-electron chi connectivity index (χ1n) is 8.80. The Morgan fingerprint density at radius 2 is 1.85 bits per heavy atom. The van der Waals surface area contributed by atoms with Crippen LogP contribution in [0.15, 0.2) is 52.1 Å². The van der Waals surface area contributed by atoms with E-state index < -0.39 is 11.0 Å². The summed E-state index contributed by atoms with van der Waals surface area (Å²) < 4.78 is 19.4. The summed E-state index contributed by atoms with van der Waals surface area (Å²) in [5.41, 5.74) is -1.000. The van der Waals surface area contributed by atoms with E-state index in [2.05, 4.69) is 15.6 Å². The number of hydrogen-bond donors (Lipinski definition) is 3. The first-order chi connectivity index (χ1) is 12.3. The Morgan fingerprint density at radius 3 is 2.44 bits per heavy atom. The third-order valence-corrected chi connectivity index (χ3v) is 4.23. The van der Waals surface area contributed by atoms with Crippen LogP contribution in [-0.4, -0.2) is 30.7 Å². The van der Waals surface area contributed by atoms with Crippen LogP contribution in [0.5, 0.6) is 0 Å². The van der Waals surface area contributed by atoms with Crippen molar-refractivity contribution in [1.29, 1.82) is 0 Å². The fraction of sp³-hybridized carbons (Fsp3) is 0.450. The molecule has 27 heavy (non-hydrogen) atoms. The summed E-state index contributed by atoms with van der Waals surface area (Å²) in [6, 6.07) is 10.2. The topological polar surface area (TPSA) is 69.8 Å². The monoisotopic (exact) mass is 489 g/mol. The molecule has 150 valence electrons. The average Bonchev–Trinajstić information content (AvgIpc) is 3.13. The second-order valence-electron chi connectivity index (χ2n) is 7.16. The zero-order chi connectivity index (χ0) is 19.2. The van der Waals surface area contributed by atoms with Gasteiger partial charge in [-0.25, -0.2) is 4.39 Å². The van der Waals surface area contributed by atoms with Gasteiger partial charge in [-0.3, -0.25) is 4.99 Å². The number of rotatable bonds is 7. The molecule has 2 aromatic rings. The van der Waals surface area contributed by atoms with Crippen molar-refractivity contribution in [2.24, 2.45) is 4.99 Å². The molecule has 0 amide bonds. The summed E-state index contributed by atoms with van der Waals surface area (Å²) in [4.78, 5) is 4.57. The third-order valence-electron chi connectivity index (χ3n) is 4.23. The van der Waals surface area contributed by atoms with Crippen LogP contribution in [0.1, 0.15) is 39.0 Å². The maximum Gasteiger partial charge on any atom is 0.191 e.